The van der Waals surface area contributed by atoms with E-state index in [9.17, 15) is 14.4 Å². The Balaban J connectivity index is 1.52. The van der Waals surface area contributed by atoms with Crippen molar-refractivity contribution in [3.8, 4) is 0 Å². The van der Waals surface area contributed by atoms with Crippen LogP contribution in [0.25, 0.3) is 0 Å². The molecule has 0 saturated carbocycles. The van der Waals surface area contributed by atoms with Crippen molar-refractivity contribution in [2.45, 2.75) is 42.4 Å². The zero-order valence-corrected chi connectivity index (χ0v) is 19.2. The number of nitrogens with zero attached hydrogens (tertiary/aromatic N) is 3. The molecule has 0 spiro atoms. The summed E-state index contributed by atoms with van der Waals surface area (Å²) in [6.45, 7) is 1.78. The predicted molar refractivity (Wildman–Crippen MR) is 126 cm³/mol. The van der Waals surface area contributed by atoms with Gasteiger partial charge in [0.15, 0.2) is 5.25 Å². The maximum atomic E-state index is 13.5. The van der Waals surface area contributed by atoms with Gasteiger partial charge in [0, 0.05) is 31.6 Å². The van der Waals surface area contributed by atoms with Crippen LogP contribution >= 0.6 is 11.8 Å². The number of likely N-dealkylation sites (tertiary alicyclic amines) is 1. The van der Waals surface area contributed by atoms with Crippen LogP contribution in [-0.4, -0.2) is 59.5 Å². The highest BCUT2D eigenvalue weighted by atomic mass is 32.2. The average Bonchev–Trinajstić information content (AvgIpc) is 3.10. The number of hydrogen-bond acceptors (Lipinski definition) is 4. The fourth-order valence-corrected chi connectivity index (χ4v) is 5.38. The summed E-state index contributed by atoms with van der Waals surface area (Å²) in [7, 11) is 1.74. The van der Waals surface area contributed by atoms with Crippen molar-refractivity contribution in [2.24, 2.45) is 0 Å². The van der Waals surface area contributed by atoms with Gasteiger partial charge in [-0.15, -0.1) is 11.8 Å². The third-order valence-corrected chi connectivity index (χ3v) is 7.25. The minimum atomic E-state index is -0.838. The third-order valence-electron chi connectivity index (χ3n) is 6.01. The van der Waals surface area contributed by atoms with Crippen LogP contribution in [0.3, 0.4) is 0 Å². The van der Waals surface area contributed by atoms with Gasteiger partial charge in [-0.25, -0.2) is 0 Å². The standard InChI is InChI=1S/C25H29N3O3S/c1-26(17-19-11-5-4-6-12-19)22(29)18-28-20-13-7-8-14-21(20)32-23(25(28)31)24(30)27-15-9-2-3-10-16-27/h4-8,11-14,23H,2-3,9-10,15-18H2,1H3/t23-/m1/s1. The number of carbonyl (C=O) groups is 3. The summed E-state index contributed by atoms with van der Waals surface area (Å²) in [5, 5.41) is -0.838. The van der Waals surface area contributed by atoms with E-state index in [1.165, 1.54) is 16.7 Å². The number of thioether (sulfide) groups is 1. The third kappa shape index (κ3) is 4.99. The Morgan fingerprint density at radius 3 is 2.34 bits per heavy atom. The highest BCUT2D eigenvalue weighted by Crippen LogP contribution is 2.40. The van der Waals surface area contributed by atoms with E-state index in [0.29, 0.717) is 25.3 Å². The molecule has 32 heavy (non-hydrogen) atoms. The zero-order chi connectivity index (χ0) is 22.5. The number of anilines is 1. The van der Waals surface area contributed by atoms with Crippen molar-refractivity contribution in [3.05, 3.63) is 60.2 Å². The summed E-state index contributed by atoms with van der Waals surface area (Å²) in [6.07, 6.45) is 4.18. The lowest BCUT2D eigenvalue weighted by molar-refractivity contribution is -0.136. The van der Waals surface area contributed by atoms with Gasteiger partial charge in [0.2, 0.25) is 11.8 Å². The molecule has 0 N–H and O–H groups in total. The molecule has 4 rings (SSSR count). The smallest absolute Gasteiger partial charge is 0.250 e. The highest BCUT2D eigenvalue weighted by molar-refractivity contribution is 8.01. The average molecular weight is 452 g/mol. The van der Waals surface area contributed by atoms with E-state index in [-0.39, 0.29) is 24.3 Å². The molecule has 0 radical (unpaired) electrons. The van der Waals surface area contributed by atoms with Crippen LogP contribution in [-0.2, 0) is 20.9 Å². The van der Waals surface area contributed by atoms with Gasteiger partial charge in [-0.05, 0) is 30.5 Å². The first-order chi connectivity index (χ1) is 15.5. The first kappa shape index (κ1) is 22.4. The second kappa shape index (κ2) is 10.2. The lowest BCUT2D eigenvalue weighted by Crippen LogP contribution is -2.52. The minimum absolute atomic E-state index is 0.0798. The molecule has 3 amide bonds. The molecule has 0 bridgehead atoms. The Morgan fingerprint density at radius 2 is 1.62 bits per heavy atom. The molecule has 0 aromatic heterocycles. The van der Waals surface area contributed by atoms with E-state index in [0.717, 1.165) is 36.1 Å². The minimum Gasteiger partial charge on any atom is -0.341 e. The number of carbonyl (C=O) groups excluding carboxylic acids is 3. The van der Waals surface area contributed by atoms with Crippen LogP contribution in [0.1, 0.15) is 31.2 Å². The number of rotatable bonds is 5. The molecule has 7 heteroatoms. The Bertz CT molecular complexity index is 973. The lowest BCUT2D eigenvalue weighted by atomic mass is 10.2. The zero-order valence-electron chi connectivity index (χ0n) is 18.4. The Kier molecular flexibility index (Phi) is 7.15. The molecular weight excluding hydrogens is 422 g/mol. The molecule has 1 fully saturated rings. The van der Waals surface area contributed by atoms with Crippen molar-refractivity contribution < 1.29 is 14.4 Å². The summed E-state index contributed by atoms with van der Waals surface area (Å²) >= 11 is 1.31. The molecule has 1 saturated heterocycles. The van der Waals surface area contributed by atoms with Crippen molar-refractivity contribution in [3.63, 3.8) is 0 Å². The molecule has 1 atom stereocenters. The summed E-state index contributed by atoms with van der Waals surface area (Å²) in [5.74, 6) is -0.597. The van der Waals surface area contributed by atoms with Gasteiger partial charge in [-0.2, -0.15) is 0 Å². The van der Waals surface area contributed by atoms with Gasteiger partial charge < -0.3 is 14.7 Å². The molecule has 2 aromatic carbocycles. The van der Waals surface area contributed by atoms with Crippen molar-refractivity contribution in [1.82, 2.24) is 9.80 Å². The van der Waals surface area contributed by atoms with Gasteiger partial charge in [0.1, 0.15) is 6.54 Å². The quantitative estimate of drug-likeness (QED) is 0.653. The van der Waals surface area contributed by atoms with Crippen molar-refractivity contribution in [1.29, 1.82) is 0 Å². The molecule has 0 unspecified atom stereocenters. The summed E-state index contributed by atoms with van der Waals surface area (Å²) in [4.78, 5) is 45.6. The molecule has 2 aliphatic rings. The Hall–Kier alpha value is -2.80. The number of likely N-dealkylation sites (N-methyl/N-ethyl adjacent to an activating group) is 1. The fraction of sp³-hybridized carbons (Fsp3) is 0.400. The molecular formula is C25H29N3O3S. The highest BCUT2D eigenvalue weighted by Gasteiger charge is 2.41. The second-order valence-electron chi connectivity index (χ2n) is 8.36. The van der Waals surface area contributed by atoms with Crippen LogP contribution in [0.5, 0.6) is 0 Å². The lowest BCUT2D eigenvalue weighted by Gasteiger charge is -2.35. The molecule has 0 aliphatic carbocycles. The Morgan fingerprint density at radius 1 is 0.969 bits per heavy atom. The first-order valence-electron chi connectivity index (χ1n) is 11.2. The maximum absolute atomic E-state index is 13.5. The van der Waals surface area contributed by atoms with E-state index < -0.39 is 5.25 Å². The van der Waals surface area contributed by atoms with E-state index in [4.69, 9.17) is 0 Å². The molecule has 6 nitrogen and oxygen atoms in total. The number of benzene rings is 2. The van der Waals surface area contributed by atoms with Gasteiger partial charge >= 0.3 is 0 Å². The number of hydrogen-bond donors (Lipinski definition) is 0. The number of fused-ring (bicyclic) bond motifs is 1. The summed E-state index contributed by atoms with van der Waals surface area (Å²) in [5.41, 5.74) is 1.72. The monoisotopic (exact) mass is 451 g/mol. The van der Waals surface area contributed by atoms with Gasteiger partial charge in [0.25, 0.3) is 5.91 Å². The predicted octanol–water partition coefficient (Wildman–Crippen LogP) is 3.56. The van der Waals surface area contributed by atoms with Crippen molar-refractivity contribution in [2.75, 3.05) is 31.6 Å². The SMILES string of the molecule is CN(Cc1ccccc1)C(=O)CN1C(=O)[C@@H](C(=O)N2CCCCCC2)Sc2ccccc21. The normalized spacial score (nSPS) is 18.7. The van der Waals surface area contributed by atoms with Crippen LogP contribution < -0.4 is 4.90 Å². The number of amides is 3. The van der Waals surface area contributed by atoms with E-state index in [2.05, 4.69) is 0 Å². The van der Waals surface area contributed by atoms with Gasteiger partial charge in [0.05, 0.1) is 5.69 Å². The van der Waals surface area contributed by atoms with E-state index >= 15 is 0 Å². The molecule has 2 aromatic rings. The summed E-state index contributed by atoms with van der Waals surface area (Å²) in [6, 6.07) is 17.3. The Labute approximate surface area is 193 Å². The maximum Gasteiger partial charge on any atom is 0.250 e. The van der Waals surface area contributed by atoms with Crippen LogP contribution in [0.2, 0.25) is 0 Å². The largest absolute Gasteiger partial charge is 0.341 e. The van der Waals surface area contributed by atoms with E-state index in [1.807, 2.05) is 59.5 Å². The van der Waals surface area contributed by atoms with Gasteiger partial charge in [-0.1, -0.05) is 55.3 Å². The van der Waals surface area contributed by atoms with E-state index in [1.54, 1.807) is 11.9 Å². The topological polar surface area (TPSA) is 60.9 Å². The van der Waals surface area contributed by atoms with Crippen molar-refractivity contribution >= 4 is 35.2 Å². The fourth-order valence-electron chi connectivity index (χ4n) is 4.19. The van der Waals surface area contributed by atoms with Crippen LogP contribution in [0.4, 0.5) is 5.69 Å². The number of para-hydroxylation sites is 1. The first-order valence-corrected chi connectivity index (χ1v) is 12.1. The van der Waals surface area contributed by atoms with Crippen LogP contribution in [0, 0.1) is 0 Å². The second-order valence-corrected chi connectivity index (χ2v) is 9.51. The molecule has 2 aliphatic heterocycles. The van der Waals surface area contributed by atoms with Crippen LogP contribution in [0.15, 0.2) is 59.5 Å². The molecule has 168 valence electrons. The summed E-state index contributed by atoms with van der Waals surface area (Å²) < 4.78 is 0. The van der Waals surface area contributed by atoms with Gasteiger partial charge in [-0.3, -0.25) is 14.4 Å². The molecule has 2 heterocycles.